The summed E-state index contributed by atoms with van der Waals surface area (Å²) >= 11 is 0. The molecule has 2 N–H and O–H groups in total. The van der Waals surface area contributed by atoms with Gasteiger partial charge in [-0.1, -0.05) is 6.92 Å². The van der Waals surface area contributed by atoms with E-state index in [0.29, 0.717) is 39.1 Å². The van der Waals surface area contributed by atoms with Crippen molar-refractivity contribution in [1.29, 1.82) is 0 Å². The SMILES string of the molecule is COCC(C)CNC(=O)N1CCC(OCC(=O)O)CC1. The Hall–Kier alpha value is -1.34. The van der Waals surface area contributed by atoms with E-state index in [1.165, 1.54) is 0 Å². The van der Waals surface area contributed by atoms with Crippen LogP contribution < -0.4 is 5.32 Å². The monoisotopic (exact) mass is 288 g/mol. The summed E-state index contributed by atoms with van der Waals surface area (Å²) in [5.74, 6) is -0.683. The predicted molar refractivity (Wildman–Crippen MR) is 72.6 cm³/mol. The standard InChI is InChI=1S/C13H24N2O5/c1-10(8-19-2)7-14-13(18)15-5-3-11(4-6-15)20-9-12(16)17/h10-11H,3-9H2,1-2H3,(H,14,18)(H,16,17). The lowest BCUT2D eigenvalue weighted by atomic mass is 10.1. The molecule has 1 heterocycles. The van der Waals surface area contributed by atoms with Crippen molar-refractivity contribution in [3.63, 3.8) is 0 Å². The summed E-state index contributed by atoms with van der Waals surface area (Å²) in [7, 11) is 1.64. The molecule has 1 atom stereocenters. The number of carboxylic acids is 1. The minimum absolute atomic E-state index is 0.0671. The summed E-state index contributed by atoms with van der Waals surface area (Å²) in [4.78, 5) is 24.1. The first-order valence-corrected chi connectivity index (χ1v) is 6.88. The number of methoxy groups -OCH3 is 1. The zero-order valence-electron chi connectivity index (χ0n) is 12.1. The molecule has 0 saturated carbocycles. The molecule has 0 aromatic carbocycles. The van der Waals surface area contributed by atoms with Crippen LogP contribution in [-0.2, 0) is 14.3 Å². The van der Waals surface area contributed by atoms with Gasteiger partial charge >= 0.3 is 12.0 Å². The number of nitrogens with one attached hydrogen (secondary N) is 1. The third-order valence-corrected chi connectivity index (χ3v) is 3.22. The second-order valence-electron chi connectivity index (χ2n) is 5.14. The molecule has 0 spiro atoms. The number of hydrogen-bond acceptors (Lipinski definition) is 4. The number of carbonyl (C=O) groups excluding carboxylic acids is 1. The van der Waals surface area contributed by atoms with Crippen molar-refractivity contribution in [1.82, 2.24) is 10.2 Å². The molecule has 1 fully saturated rings. The molecule has 0 aromatic rings. The van der Waals surface area contributed by atoms with Crippen molar-refractivity contribution in [3.05, 3.63) is 0 Å². The van der Waals surface area contributed by atoms with E-state index in [2.05, 4.69) is 5.32 Å². The number of carboxylic acid groups (broad SMARTS) is 1. The summed E-state index contributed by atoms with van der Waals surface area (Å²) in [5.41, 5.74) is 0. The van der Waals surface area contributed by atoms with Gasteiger partial charge in [-0.15, -0.1) is 0 Å². The number of urea groups is 1. The zero-order valence-corrected chi connectivity index (χ0v) is 12.1. The van der Waals surface area contributed by atoms with Gasteiger partial charge in [0.25, 0.3) is 0 Å². The summed E-state index contributed by atoms with van der Waals surface area (Å²) in [6.07, 6.45) is 1.28. The number of piperidine rings is 1. The van der Waals surface area contributed by atoms with E-state index in [-0.39, 0.29) is 24.7 Å². The van der Waals surface area contributed by atoms with Crippen LogP contribution in [0.2, 0.25) is 0 Å². The Labute approximate surface area is 119 Å². The Morgan fingerprint density at radius 1 is 1.40 bits per heavy atom. The molecule has 1 rings (SSSR count). The minimum atomic E-state index is -0.961. The lowest BCUT2D eigenvalue weighted by Gasteiger charge is -2.32. The maximum absolute atomic E-state index is 11.9. The summed E-state index contributed by atoms with van der Waals surface area (Å²) < 4.78 is 10.2. The van der Waals surface area contributed by atoms with Crippen LogP contribution in [0.15, 0.2) is 0 Å². The number of nitrogens with zero attached hydrogens (tertiary/aromatic N) is 1. The molecule has 1 unspecified atom stereocenters. The molecule has 7 heteroatoms. The number of likely N-dealkylation sites (tertiary alicyclic amines) is 1. The first-order valence-electron chi connectivity index (χ1n) is 6.88. The molecule has 0 aromatic heterocycles. The summed E-state index contributed by atoms with van der Waals surface area (Å²) in [6, 6.07) is -0.0790. The van der Waals surface area contributed by atoms with Gasteiger partial charge in [-0.3, -0.25) is 0 Å². The van der Waals surface area contributed by atoms with E-state index in [9.17, 15) is 9.59 Å². The fraction of sp³-hybridized carbons (Fsp3) is 0.846. The second kappa shape index (κ2) is 8.76. The van der Waals surface area contributed by atoms with Gasteiger partial charge in [-0.25, -0.2) is 9.59 Å². The Morgan fingerprint density at radius 2 is 2.05 bits per heavy atom. The fourth-order valence-electron chi connectivity index (χ4n) is 2.13. The van der Waals surface area contributed by atoms with E-state index in [1.54, 1.807) is 12.0 Å². The van der Waals surface area contributed by atoms with Crippen molar-refractivity contribution in [2.24, 2.45) is 5.92 Å². The number of hydrogen-bond donors (Lipinski definition) is 2. The molecular weight excluding hydrogens is 264 g/mol. The maximum Gasteiger partial charge on any atom is 0.329 e. The molecule has 20 heavy (non-hydrogen) atoms. The highest BCUT2D eigenvalue weighted by Gasteiger charge is 2.23. The predicted octanol–water partition coefficient (Wildman–Crippen LogP) is 0.544. The van der Waals surface area contributed by atoms with Crippen LogP contribution in [0.3, 0.4) is 0 Å². The second-order valence-corrected chi connectivity index (χ2v) is 5.14. The number of ether oxygens (including phenoxy) is 2. The van der Waals surface area contributed by atoms with Crippen LogP contribution in [-0.4, -0.2) is 68.1 Å². The smallest absolute Gasteiger partial charge is 0.329 e. The van der Waals surface area contributed by atoms with E-state index in [4.69, 9.17) is 14.6 Å². The third kappa shape index (κ3) is 6.21. The first-order chi connectivity index (χ1) is 9.52. The molecule has 116 valence electrons. The molecule has 2 amide bonds. The van der Waals surface area contributed by atoms with Gasteiger partial charge in [0.1, 0.15) is 6.61 Å². The lowest BCUT2D eigenvalue weighted by Crippen LogP contribution is -2.47. The van der Waals surface area contributed by atoms with Gasteiger partial charge in [-0.05, 0) is 18.8 Å². The van der Waals surface area contributed by atoms with Gasteiger partial charge in [-0.2, -0.15) is 0 Å². The average molecular weight is 288 g/mol. The van der Waals surface area contributed by atoms with Crippen molar-refractivity contribution in [2.75, 3.05) is 40.0 Å². The van der Waals surface area contributed by atoms with Crippen LogP contribution in [0.5, 0.6) is 0 Å². The zero-order chi connectivity index (χ0) is 15.0. The Morgan fingerprint density at radius 3 is 2.60 bits per heavy atom. The Bertz CT molecular complexity index is 316. The largest absolute Gasteiger partial charge is 0.480 e. The molecule has 0 radical (unpaired) electrons. The molecule has 1 saturated heterocycles. The van der Waals surface area contributed by atoms with Crippen LogP contribution in [0, 0.1) is 5.92 Å². The molecule has 1 aliphatic heterocycles. The number of rotatable bonds is 7. The topological polar surface area (TPSA) is 88.1 Å². The van der Waals surface area contributed by atoms with Gasteiger partial charge in [0.2, 0.25) is 0 Å². The molecule has 7 nitrogen and oxygen atoms in total. The van der Waals surface area contributed by atoms with E-state index in [1.807, 2.05) is 6.92 Å². The number of carbonyl (C=O) groups is 2. The minimum Gasteiger partial charge on any atom is -0.480 e. The molecule has 0 bridgehead atoms. The van der Waals surface area contributed by atoms with E-state index >= 15 is 0 Å². The van der Waals surface area contributed by atoms with E-state index in [0.717, 1.165) is 0 Å². The van der Waals surface area contributed by atoms with Crippen LogP contribution >= 0.6 is 0 Å². The van der Waals surface area contributed by atoms with Crippen LogP contribution in [0.4, 0.5) is 4.79 Å². The van der Waals surface area contributed by atoms with E-state index < -0.39 is 5.97 Å². The van der Waals surface area contributed by atoms with Gasteiger partial charge < -0.3 is 24.8 Å². The Kier molecular flexibility index (Phi) is 7.32. The lowest BCUT2D eigenvalue weighted by molar-refractivity contribution is -0.145. The third-order valence-electron chi connectivity index (χ3n) is 3.22. The summed E-state index contributed by atoms with van der Waals surface area (Å²) in [6.45, 7) is 4.12. The van der Waals surface area contributed by atoms with Crippen molar-refractivity contribution >= 4 is 12.0 Å². The first kappa shape index (κ1) is 16.7. The van der Waals surface area contributed by atoms with Crippen molar-refractivity contribution in [3.8, 4) is 0 Å². The van der Waals surface area contributed by atoms with Gasteiger partial charge in [0.05, 0.1) is 12.7 Å². The molecule has 0 aliphatic carbocycles. The average Bonchev–Trinajstić information content (AvgIpc) is 2.43. The maximum atomic E-state index is 11.9. The van der Waals surface area contributed by atoms with Crippen LogP contribution in [0.25, 0.3) is 0 Å². The molecular formula is C13H24N2O5. The van der Waals surface area contributed by atoms with Crippen molar-refractivity contribution in [2.45, 2.75) is 25.9 Å². The summed E-state index contributed by atoms with van der Waals surface area (Å²) in [5, 5.41) is 11.4. The highest BCUT2D eigenvalue weighted by molar-refractivity contribution is 5.74. The highest BCUT2D eigenvalue weighted by atomic mass is 16.5. The highest BCUT2D eigenvalue weighted by Crippen LogP contribution is 2.13. The molecule has 1 aliphatic rings. The quantitative estimate of drug-likeness (QED) is 0.714. The number of amides is 2. The van der Waals surface area contributed by atoms with Gasteiger partial charge in [0.15, 0.2) is 0 Å². The van der Waals surface area contributed by atoms with Crippen LogP contribution in [0.1, 0.15) is 19.8 Å². The Balaban J connectivity index is 2.20. The normalized spacial score (nSPS) is 17.8. The number of aliphatic carboxylic acids is 1. The van der Waals surface area contributed by atoms with Gasteiger partial charge in [0, 0.05) is 26.7 Å². The fourth-order valence-corrected chi connectivity index (χ4v) is 2.13. The van der Waals surface area contributed by atoms with Crippen molar-refractivity contribution < 1.29 is 24.2 Å².